The number of alkyl carbamates (subject to hydrolysis) is 1. The lowest BCUT2D eigenvalue weighted by Crippen LogP contribution is -2.44. The van der Waals surface area contributed by atoms with E-state index in [1.807, 2.05) is 11.9 Å². The standard InChI is InChI=1S/C8H16N2O3/c1-10-4-3-8(12,6-10)5-9-7(11)13-2/h12H,3-6H2,1-2H3,(H,9,11). The van der Waals surface area contributed by atoms with Gasteiger partial charge in [0.2, 0.25) is 0 Å². The number of methoxy groups -OCH3 is 1. The Bertz CT molecular complexity index is 198. The lowest BCUT2D eigenvalue weighted by molar-refractivity contribution is 0.0505. The number of likely N-dealkylation sites (N-methyl/N-ethyl adjacent to an activating group) is 1. The Balaban J connectivity index is 2.31. The lowest BCUT2D eigenvalue weighted by atomic mass is 10.0. The normalized spacial score (nSPS) is 28.8. The van der Waals surface area contributed by atoms with Gasteiger partial charge in [0.15, 0.2) is 0 Å². The van der Waals surface area contributed by atoms with Crippen molar-refractivity contribution >= 4 is 6.09 Å². The second kappa shape index (κ2) is 3.93. The zero-order valence-corrected chi connectivity index (χ0v) is 8.04. The Morgan fingerprint density at radius 3 is 2.92 bits per heavy atom. The highest BCUT2D eigenvalue weighted by Crippen LogP contribution is 2.18. The summed E-state index contributed by atoms with van der Waals surface area (Å²) in [5, 5.41) is 12.4. The van der Waals surface area contributed by atoms with Crippen LogP contribution in [0.5, 0.6) is 0 Å². The summed E-state index contributed by atoms with van der Waals surface area (Å²) in [6.07, 6.45) is 0.191. The summed E-state index contributed by atoms with van der Waals surface area (Å²) >= 11 is 0. The molecule has 1 rings (SSSR count). The van der Waals surface area contributed by atoms with Crippen LogP contribution in [-0.4, -0.2) is 55.5 Å². The molecule has 76 valence electrons. The molecule has 1 aliphatic heterocycles. The molecule has 13 heavy (non-hydrogen) atoms. The van der Waals surface area contributed by atoms with Gasteiger partial charge < -0.3 is 20.1 Å². The number of hydrogen-bond donors (Lipinski definition) is 2. The van der Waals surface area contributed by atoms with Gasteiger partial charge >= 0.3 is 6.09 Å². The van der Waals surface area contributed by atoms with Crippen molar-refractivity contribution in [3.8, 4) is 0 Å². The summed E-state index contributed by atoms with van der Waals surface area (Å²) in [5.74, 6) is 0. The van der Waals surface area contributed by atoms with E-state index in [0.29, 0.717) is 13.0 Å². The van der Waals surface area contributed by atoms with Gasteiger partial charge in [-0.15, -0.1) is 0 Å². The van der Waals surface area contributed by atoms with Crippen molar-refractivity contribution in [1.82, 2.24) is 10.2 Å². The van der Waals surface area contributed by atoms with Gasteiger partial charge in [0.05, 0.1) is 19.3 Å². The number of nitrogens with zero attached hydrogens (tertiary/aromatic N) is 1. The number of aliphatic hydroxyl groups is 1. The molecule has 5 nitrogen and oxygen atoms in total. The highest BCUT2D eigenvalue weighted by atomic mass is 16.5. The molecule has 2 N–H and O–H groups in total. The molecule has 1 amide bonds. The maximum absolute atomic E-state index is 10.7. The molecule has 0 aromatic heterocycles. The average molecular weight is 188 g/mol. The number of hydrogen-bond acceptors (Lipinski definition) is 4. The van der Waals surface area contributed by atoms with Crippen molar-refractivity contribution in [2.24, 2.45) is 0 Å². The maximum Gasteiger partial charge on any atom is 0.406 e. The second-order valence-corrected chi connectivity index (χ2v) is 3.56. The number of ether oxygens (including phenoxy) is 1. The minimum absolute atomic E-state index is 0.254. The maximum atomic E-state index is 10.7. The molecule has 0 bridgehead atoms. The van der Waals surface area contributed by atoms with Gasteiger partial charge in [-0.1, -0.05) is 0 Å². The van der Waals surface area contributed by atoms with Crippen LogP contribution in [0.15, 0.2) is 0 Å². The Hall–Kier alpha value is -0.810. The Kier molecular flexibility index (Phi) is 3.11. The third-order valence-corrected chi connectivity index (χ3v) is 2.27. The zero-order chi connectivity index (χ0) is 9.90. The fourth-order valence-electron chi connectivity index (χ4n) is 1.51. The number of β-amino-alcohol motifs (C(OH)–C–C–N with tert-alkyl or cyclic N) is 1. The molecule has 0 aliphatic carbocycles. The molecule has 0 radical (unpaired) electrons. The number of rotatable bonds is 2. The van der Waals surface area contributed by atoms with Crippen molar-refractivity contribution in [3.63, 3.8) is 0 Å². The first kappa shape index (κ1) is 10.3. The van der Waals surface area contributed by atoms with Crippen LogP contribution < -0.4 is 5.32 Å². The quantitative estimate of drug-likeness (QED) is 0.608. The minimum Gasteiger partial charge on any atom is -0.453 e. The van der Waals surface area contributed by atoms with Crippen molar-refractivity contribution in [1.29, 1.82) is 0 Å². The van der Waals surface area contributed by atoms with E-state index >= 15 is 0 Å². The van der Waals surface area contributed by atoms with Crippen LogP contribution in [-0.2, 0) is 4.74 Å². The monoisotopic (exact) mass is 188 g/mol. The van der Waals surface area contributed by atoms with Crippen LogP contribution in [0.2, 0.25) is 0 Å². The van der Waals surface area contributed by atoms with E-state index in [4.69, 9.17) is 0 Å². The van der Waals surface area contributed by atoms with Crippen LogP contribution in [0.1, 0.15) is 6.42 Å². The van der Waals surface area contributed by atoms with Gasteiger partial charge in [0, 0.05) is 13.1 Å². The first-order valence-electron chi connectivity index (χ1n) is 4.28. The van der Waals surface area contributed by atoms with Gasteiger partial charge in [-0.25, -0.2) is 4.79 Å². The molecule has 0 saturated carbocycles. The fraction of sp³-hybridized carbons (Fsp3) is 0.875. The topological polar surface area (TPSA) is 61.8 Å². The van der Waals surface area contributed by atoms with E-state index in [1.165, 1.54) is 7.11 Å². The molecule has 1 heterocycles. The van der Waals surface area contributed by atoms with Crippen molar-refractivity contribution in [2.45, 2.75) is 12.0 Å². The van der Waals surface area contributed by atoms with Crippen LogP contribution in [0.25, 0.3) is 0 Å². The average Bonchev–Trinajstić information content (AvgIpc) is 2.43. The number of amides is 1. The molecule has 1 aliphatic rings. The van der Waals surface area contributed by atoms with Crippen molar-refractivity contribution in [2.75, 3.05) is 33.8 Å². The number of carbonyl (C=O) groups excluding carboxylic acids is 1. The number of nitrogens with one attached hydrogen (secondary N) is 1. The molecule has 0 aromatic carbocycles. The summed E-state index contributed by atoms with van der Waals surface area (Å²) in [6, 6.07) is 0. The molecule has 1 saturated heterocycles. The SMILES string of the molecule is COC(=O)NCC1(O)CCN(C)C1. The molecule has 1 atom stereocenters. The molecular weight excluding hydrogens is 172 g/mol. The molecule has 1 fully saturated rings. The highest BCUT2D eigenvalue weighted by Gasteiger charge is 2.34. The smallest absolute Gasteiger partial charge is 0.406 e. The summed E-state index contributed by atoms with van der Waals surface area (Å²) in [4.78, 5) is 12.8. The largest absolute Gasteiger partial charge is 0.453 e. The summed E-state index contributed by atoms with van der Waals surface area (Å²) < 4.78 is 4.41. The summed E-state index contributed by atoms with van der Waals surface area (Å²) in [7, 11) is 3.25. The van der Waals surface area contributed by atoms with Gasteiger partial charge in [-0.05, 0) is 13.5 Å². The van der Waals surface area contributed by atoms with E-state index in [1.54, 1.807) is 0 Å². The predicted octanol–water partition coefficient (Wildman–Crippen LogP) is -0.591. The van der Waals surface area contributed by atoms with E-state index in [-0.39, 0.29) is 6.54 Å². The highest BCUT2D eigenvalue weighted by molar-refractivity contribution is 5.66. The predicted molar refractivity (Wildman–Crippen MR) is 47.5 cm³/mol. The van der Waals surface area contributed by atoms with Gasteiger partial charge in [0.1, 0.15) is 0 Å². The Morgan fingerprint density at radius 1 is 1.77 bits per heavy atom. The molecular formula is C8H16N2O3. The molecule has 5 heteroatoms. The molecule has 0 aromatic rings. The first-order chi connectivity index (χ1) is 6.06. The fourth-order valence-corrected chi connectivity index (χ4v) is 1.51. The van der Waals surface area contributed by atoms with Crippen molar-refractivity contribution < 1.29 is 14.6 Å². The van der Waals surface area contributed by atoms with E-state index in [0.717, 1.165) is 6.54 Å². The van der Waals surface area contributed by atoms with Crippen molar-refractivity contribution in [3.05, 3.63) is 0 Å². The van der Waals surface area contributed by atoms with E-state index < -0.39 is 11.7 Å². The third kappa shape index (κ3) is 2.86. The number of carbonyl (C=O) groups is 1. The minimum atomic E-state index is -0.789. The van der Waals surface area contributed by atoms with E-state index in [9.17, 15) is 9.90 Å². The molecule has 1 unspecified atom stereocenters. The molecule has 0 spiro atoms. The zero-order valence-electron chi connectivity index (χ0n) is 8.04. The van der Waals surface area contributed by atoms with Crippen LogP contribution in [0.4, 0.5) is 4.79 Å². The Morgan fingerprint density at radius 2 is 2.46 bits per heavy atom. The van der Waals surface area contributed by atoms with Gasteiger partial charge in [0.25, 0.3) is 0 Å². The van der Waals surface area contributed by atoms with Crippen LogP contribution in [0.3, 0.4) is 0 Å². The number of likely N-dealkylation sites (tertiary alicyclic amines) is 1. The first-order valence-corrected chi connectivity index (χ1v) is 4.28. The van der Waals surface area contributed by atoms with E-state index in [2.05, 4.69) is 10.1 Å². The summed E-state index contributed by atoms with van der Waals surface area (Å²) in [6.45, 7) is 1.71. The lowest BCUT2D eigenvalue weighted by Gasteiger charge is -2.22. The van der Waals surface area contributed by atoms with Gasteiger partial charge in [-0.2, -0.15) is 0 Å². The van der Waals surface area contributed by atoms with Gasteiger partial charge in [-0.3, -0.25) is 0 Å². The van der Waals surface area contributed by atoms with Crippen LogP contribution in [0, 0.1) is 0 Å². The second-order valence-electron chi connectivity index (χ2n) is 3.56. The third-order valence-electron chi connectivity index (χ3n) is 2.27. The Labute approximate surface area is 77.7 Å². The van der Waals surface area contributed by atoms with Crippen LogP contribution >= 0.6 is 0 Å². The summed E-state index contributed by atoms with van der Waals surface area (Å²) in [5.41, 5.74) is -0.789.